The van der Waals surface area contributed by atoms with Gasteiger partial charge >= 0.3 is 0 Å². The van der Waals surface area contributed by atoms with E-state index in [0.29, 0.717) is 6.17 Å². The highest BCUT2D eigenvalue weighted by Crippen LogP contribution is 2.24. The Kier molecular flexibility index (Phi) is 41.3. The van der Waals surface area contributed by atoms with Crippen molar-refractivity contribution < 1.29 is 0 Å². The highest BCUT2D eigenvalue weighted by atomic mass is 15.4. The van der Waals surface area contributed by atoms with Crippen molar-refractivity contribution in [2.24, 2.45) is 0 Å². The van der Waals surface area contributed by atoms with E-state index in [-0.39, 0.29) is 0 Å². The van der Waals surface area contributed by atoms with Gasteiger partial charge < -0.3 is 9.80 Å². The molecule has 1 rings (SSSR count). The molecule has 0 spiro atoms. The van der Waals surface area contributed by atoms with Crippen LogP contribution in [0, 0.1) is 0 Å². The Bertz CT molecular complexity index is 717. The summed E-state index contributed by atoms with van der Waals surface area (Å²) in [5.41, 5.74) is 0. The molecule has 1 heterocycles. The lowest BCUT2D eigenvalue weighted by Crippen LogP contribution is -2.39. The molecule has 0 aromatic carbocycles. The van der Waals surface area contributed by atoms with Crippen LogP contribution in [-0.2, 0) is 0 Å². The number of hydrogen-bond acceptors (Lipinski definition) is 2. The Morgan fingerprint density at radius 1 is 0.241 bits per heavy atom. The fourth-order valence-corrected chi connectivity index (χ4v) is 9.02. The molecule has 2 nitrogen and oxygen atoms in total. The minimum atomic E-state index is 0.635. The van der Waals surface area contributed by atoms with Crippen LogP contribution in [0.4, 0.5) is 0 Å². The van der Waals surface area contributed by atoms with E-state index in [9.17, 15) is 0 Å². The molecule has 0 fully saturated rings. The molecule has 1 unspecified atom stereocenters. The van der Waals surface area contributed by atoms with Crippen molar-refractivity contribution in [3.05, 3.63) is 12.4 Å². The molecule has 0 bridgehead atoms. The van der Waals surface area contributed by atoms with Gasteiger partial charge in [0.1, 0.15) is 6.17 Å². The third kappa shape index (κ3) is 34.6. The zero-order chi connectivity index (χ0) is 38.7. The van der Waals surface area contributed by atoms with E-state index in [1.807, 2.05) is 0 Å². The monoisotopic (exact) mass is 757 g/mol. The van der Waals surface area contributed by atoms with E-state index in [2.05, 4.69) is 43.0 Å². The normalized spacial score (nSPS) is 14.3. The summed E-state index contributed by atoms with van der Waals surface area (Å²) < 4.78 is 0. The first-order chi connectivity index (χ1) is 26.8. The number of rotatable bonds is 46. The van der Waals surface area contributed by atoms with E-state index in [1.165, 1.54) is 296 Å². The van der Waals surface area contributed by atoms with Crippen molar-refractivity contribution in [1.82, 2.24) is 9.80 Å². The molecule has 0 saturated heterocycles. The van der Waals surface area contributed by atoms with Crippen molar-refractivity contribution in [3.8, 4) is 0 Å². The number of unbranched alkanes of at least 4 members (excludes halogenated alkanes) is 40. The molecule has 0 aliphatic carbocycles. The van der Waals surface area contributed by atoms with Gasteiger partial charge in [-0.1, -0.05) is 278 Å². The maximum absolute atomic E-state index is 2.74. The first kappa shape index (κ1) is 51.4. The van der Waals surface area contributed by atoms with Gasteiger partial charge in [0.2, 0.25) is 0 Å². The van der Waals surface area contributed by atoms with Gasteiger partial charge in [-0.25, -0.2) is 0 Å². The Labute approximate surface area is 343 Å². The summed E-state index contributed by atoms with van der Waals surface area (Å²) in [5, 5.41) is 0. The maximum atomic E-state index is 2.74. The van der Waals surface area contributed by atoms with E-state index in [1.54, 1.807) is 0 Å². The quantitative estimate of drug-likeness (QED) is 0.0571. The van der Waals surface area contributed by atoms with Crippen LogP contribution in [0.25, 0.3) is 0 Å². The second-order valence-corrected chi connectivity index (χ2v) is 18.2. The van der Waals surface area contributed by atoms with E-state index in [4.69, 9.17) is 0 Å². The fourth-order valence-electron chi connectivity index (χ4n) is 9.02. The van der Waals surface area contributed by atoms with Crippen molar-refractivity contribution in [1.29, 1.82) is 0 Å². The first-order valence-corrected chi connectivity index (χ1v) is 26.0. The Morgan fingerprint density at radius 3 is 0.648 bits per heavy atom. The average Bonchev–Trinajstić information content (AvgIpc) is 3.57. The molecule has 0 N–H and O–H groups in total. The van der Waals surface area contributed by atoms with E-state index < -0.39 is 0 Å². The molecule has 2 heteroatoms. The summed E-state index contributed by atoms with van der Waals surface area (Å²) >= 11 is 0. The number of hydrogen-bond donors (Lipinski definition) is 0. The lowest BCUT2D eigenvalue weighted by atomic mass is 10.0. The van der Waals surface area contributed by atoms with Gasteiger partial charge in [0.15, 0.2) is 0 Å². The third-order valence-corrected chi connectivity index (χ3v) is 12.8. The highest BCUT2D eigenvalue weighted by Gasteiger charge is 2.25. The lowest BCUT2D eigenvalue weighted by molar-refractivity contribution is 0.135. The zero-order valence-electron chi connectivity index (χ0n) is 38.2. The molecule has 0 aromatic rings. The van der Waals surface area contributed by atoms with Gasteiger partial charge in [0.25, 0.3) is 0 Å². The van der Waals surface area contributed by atoms with Gasteiger partial charge in [0.05, 0.1) is 0 Å². The second kappa shape index (κ2) is 43.5. The SMILES string of the molecule is CCCCCCCCCCCCCCCCCCC1N(CCCCCCCCCCCCC)C=CN1CCCCCCCCCCCCCCCCCC. The van der Waals surface area contributed by atoms with Crippen molar-refractivity contribution in [2.75, 3.05) is 13.1 Å². The maximum Gasteiger partial charge on any atom is 0.101 e. The molecule has 1 atom stereocenters. The summed E-state index contributed by atoms with van der Waals surface area (Å²) in [6.07, 6.45) is 69.4. The summed E-state index contributed by atoms with van der Waals surface area (Å²) in [6.45, 7) is 9.50. The molecule has 0 amide bonds. The molecular formula is C52H104N2. The van der Waals surface area contributed by atoms with E-state index >= 15 is 0 Å². The van der Waals surface area contributed by atoms with Crippen LogP contribution in [0.3, 0.4) is 0 Å². The van der Waals surface area contributed by atoms with Crippen LogP contribution in [0.15, 0.2) is 12.4 Å². The van der Waals surface area contributed by atoms with Crippen molar-refractivity contribution in [2.45, 2.75) is 309 Å². The molecule has 0 radical (unpaired) electrons. The molecule has 322 valence electrons. The van der Waals surface area contributed by atoms with Crippen LogP contribution >= 0.6 is 0 Å². The average molecular weight is 757 g/mol. The van der Waals surface area contributed by atoms with Crippen molar-refractivity contribution in [3.63, 3.8) is 0 Å². The van der Waals surface area contributed by atoms with Gasteiger partial charge in [-0.15, -0.1) is 0 Å². The third-order valence-electron chi connectivity index (χ3n) is 12.8. The summed E-state index contributed by atoms with van der Waals surface area (Å²) in [7, 11) is 0. The summed E-state index contributed by atoms with van der Waals surface area (Å²) in [4.78, 5) is 5.49. The largest absolute Gasteiger partial charge is 0.356 e. The minimum Gasteiger partial charge on any atom is -0.356 e. The van der Waals surface area contributed by atoms with Crippen LogP contribution in [0.2, 0.25) is 0 Å². The van der Waals surface area contributed by atoms with Crippen LogP contribution in [0.5, 0.6) is 0 Å². The molecule has 0 saturated carbocycles. The molecule has 1 aliphatic rings. The fraction of sp³-hybridized carbons (Fsp3) is 0.962. The Hall–Kier alpha value is -0.660. The molecule has 1 aliphatic heterocycles. The van der Waals surface area contributed by atoms with Gasteiger partial charge in [-0.2, -0.15) is 0 Å². The summed E-state index contributed by atoms with van der Waals surface area (Å²) in [5.74, 6) is 0. The molecule has 0 aromatic heterocycles. The van der Waals surface area contributed by atoms with Crippen LogP contribution in [0.1, 0.15) is 303 Å². The summed E-state index contributed by atoms with van der Waals surface area (Å²) in [6, 6.07) is 0. The van der Waals surface area contributed by atoms with Gasteiger partial charge in [-0.05, 0) is 25.7 Å². The molecule has 54 heavy (non-hydrogen) atoms. The lowest BCUT2D eigenvalue weighted by Gasteiger charge is -2.33. The molecular weight excluding hydrogens is 653 g/mol. The smallest absolute Gasteiger partial charge is 0.101 e. The predicted octanol–water partition coefficient (Wildman–Crippen LogP) is 18.6. The van der Waals surface area contributed by atoms with Gasteiger partial charge in [-0.3, -0.25) is 0 Å². The zero-order valence-corrected chi connectivity index (χ0v) is 38.2. The topological polar surface area (TPSA) is 6.48 Å². The van der Waals surface area contributed by atoms with Gasteiger partial charge in [0, 0.05) is 25.5 Å². The Balaban J connectivity index is 2.18. The Morgan fingerprint density at radius 2 is 0.426 bits per heavy atom. The first-order valence-electron chi connectivity index (χ1n) is 26.0. The minimum absolute atomic E-state index is 0.635. The van der Waals surface area contributed by atoms with Crippen LogP contribution in [-0.4, -0.2) is 29.1 Å². The highest BCUT2D eigenvalue weighted by molar-refractivity contribution is 4.97. The predicted molar refractivity (Wildman–Crippen MR) is 247 cm³/mol. The van der Waals surface area contributed by atoms with E-state index in [0.717, 1.165) is 0 Å². The standard InChI is InChI=1S/C52H104N2/c1-4-7-10-13-16-19-22-24-26-28-30-32-35-38-41-44-47-52-53(48-45-42-39-36-33-21-18-15-12-9-6-3)50-51-54(52)49-46-43-40-37-34-31-29-27-25-23-20-17-14-11-8-5-2/h50-52H,4-49H2,1-3H3. The number of nitrogens with zero attached hydrogens (tertiary/aromatic N) is 2. The van der Waals surface area contributed by atoms with Crippen molar-refractivity contribution >= 4 is 0 Å². The second-order valence-electron chi connectivity index (χ2n) is 18.2. The van der Waals surface area contributed by atoms with Crippen LogP contribution < -0.4 is 0 Å².